The molecule has 23 heavy (non-hydrogen) atoms. The van der Waals surface area contributed by atoms with E-state index in [0.29, 0.717) is 26.8 Å². The van der Waals surface area contributed by atoms with Crippen molar-refractivity contribution in [2.24, 2.45) is 0 Å². The molecule has 2 aromatic heterocycles. The Kier molecular flexibility index (Phi) is 4.29. The van der Waals surface area contributed by atoms with Crippen molar-refractivity contribution in [3.8, 4) is 11.5 Å². The minimum Gasteiger partial charge on any atom is -0.493 e. The third kappa shape index (κ3) is 2.92. The van der Waals surface area contributed by atoms with Gasteiger partial charge in [0.2, 0.25) is 4.96 Å². The molecule has 7 heteroatoms. The Morgan fingerprint density at radius 1 is 1.26 bits per heavy atom. The Morgan fingerprint density at radius 3 is 2.70 bits per heavy atom. The van der Waals surface area contributed by atoms with Gasteiger partial charge in [0.25, 0.3) is 5.56 Å². The van der Waals surface area contributed by atoms with Crippen LogP contribution in [0.5, 0.6) is 11.5 Å². The number of aryl methyl sites for hydroxylation is 1. The van der Waals surface area contributed by atoms with Crippen molar-refractivity contribution in [2.75, 3.05) is 14.2 Å². The van der Waals surface area contributed by atoms with Crippen molar-refractivity contribution in [1.82, 2.24) is 14.6 Å². The van der Waals surface area contributed by atoms with Crippen LogP contribution in [0.15, 0.2) is 23.0 Å². The number of rotatable bonds is 5. The van der Waals surface area contributed by atoms with Gasteiger partial charge >= 0.3 is 0 Å². The van der Waals surface area contributed by atoms with Gasteiger partial charge in [-0.1, -0.05) is 24.3 Å². The Hall–Kier alpha value is -2.41. The number of fused-ring (bicyclic) bond motifs is 1. The normalized spacial score (nSPS) is 12.0. The van der Waals surface area contributed by atoms with E-state index in [1.807, 2.05) is 24.3 Å². The van der Waals surface area contributed by atoms with E-state index < -0.39 is 0 Å². The van der Waals surface area contributed by atoms with Gasteiger partial charge in [0.1, 0.15) is 0 Å². The molecule has 3 aromatic rings. The van der Waals surface area contributed by atoms with Gasteiger partial charge in [0.15, 0.2) is 17.3 Å². The largest absolute Gasteiger partial charge is 0.493 e. The maximum absolute atomic E-state index is 12.4. The fourth-order valence-corrected chi connectivity index (χ4v) is 3.22. The molecule has 0 unspecified atom stereocenters. The molecule has 0 aliphatic carbocycles. The molecule has 0 aliphatic heterocycles. The average molecular weight is 331 g/mol. The van der Waals surface area contributed by atoms with Gasteiger partial charge in [0.05, 0.1) is 18.8 Å². The molecular weight excluding hydrogens is 314 g/mol. The number of methoxy groups -OCH3 is 2. The van der Waals surface area contributed by atoms with Crippen LogP contribution in [0.2, 0.25) is 0 Å². The smallest absolute Gasteiger partial charge is 0.291 e. The molecule has 120 valence electrons. The Bertz CT molecular complexity index is 946. The van der Waals surface area contributed by atoms with Crippen LogP contribution in [-0.2, 0) is 6.42 Å². The molecule has 2 heterocycles. The second-order valence-corrected chi connectivity index (χ2v) is 6.01. The summed E-state index contributed by atoms with van der Waals surface area (Å²) in [6.45, 7) is 2.06. The first-order valence-electron chi connectivity index (χ1n) is 7.28. The first-order valence-corrected chi connectivity index (χ1v) is 8.10. The average Bonchev–Trinajstić information content (AvgIpc) is 3.07. The molecule has 0 saturated heterocycles. The maximum Gasteiger partial charge on any atom is 0.291 e. The molecular formula is C16H17N3O3S. The predicted molar refractivity (Wildman–Crippen MR) is 89.5 cm³/mol. The van der Waals surface area contributed by atoms with E-state index in [9.17, 15) is 4.79 Å². The highest BCUT2D eigenvalue weighted by Crippen LogP contribution is 2.27. The lowest BCUT2D eigenvalue weighted by atomic mass is 10.2. The second kappa shape index (κ2) is 6.37. The number of nitrogens with zero attached hydrogens (tertiary/aromatic N) is 3. The zero-order chi connectivity index (χ0) is 16.4. The molecule has 3 rings (SSSR count). The number of benzene rings is 1. The van der Waals surface area contributed by atoms with E-state index in [4.69, 9.17) is 9.47 Å². The van der Waals surface area contributed by atoms with Crippen molar-refractivity contribution in [3.05, 3.63) is 44.5 Å². The fraction of sp³-hybridized carbons (Fsp3) is 0.312. The van der Waals surface area contributed by atoms with E-state index in [-0.39, 0.29) is 5.56 Å². The predicted octanol–water partition coefficient (Wildman–Crippen LogP) is 1.67. The van der Waals surface area contributed by atoms with Gasteiger partial charge in [-0.2, -0.15) is 4.52 Å². The summed E-state index contributed by atoms with van der Waals surface area (Å²) in [5.41, 5.74) is 0.715. The zero-order valence-electron chi connectivity index (χ0n) is 13.2. The number of ether oxygens (including phenoxy) is 2. The topological polar surface area (TPSA) is 65.7 Å². The number of aromatic nitrogens is 3. The lowest BCUT2D eigenvalue weighted by Gasteiger charge is -2.07. The highest BCUT2D eigenvalue weighted by molar-refractivity contribution is 7.15. The standard InChI is InChI=1S/C16H17N3O3S/c1-4-5-14-17-16-19(18-14)15(20)13(23-16)9-10-6-7-11(21-2)12(8-10)22-3/h6-9H,4-5H2,1-3H3/b13-9-. The fourth-order valence-electron chi connectivity index (χ4n) is 2.30. The summed E-state index contributed by atoms with van der Waals surface area (Å²) in [7, 11) is 3.17. The summed E-state index contributed by atoms with van der Waals surface area (Å²) in [5, 5.41) is 4.26. The zero-order valence-corrected chi connectivity index (χ0v) is 14.0. The molecule has 1 aromatic carbocycles. The lowest BCUT2D eigenvalue weighted by molar-refractivity contribution is 0.355. The molecule has 0 spiro atoms. The van der Waals surface area contributed by atoms with Crippen molar-refractivity contribution in [3.63, 3.8) is 0 Å². The van der Waals surface area contributed by atoms with Crippen LogP contribution in [0, 0.1) is 0 Å². The highest BCUT2D eigenvalue weighted by Gasteiger charge is 2.10. The molecule has 0 atom stereocenters. The van der Waals surface area contributed by atoms with E-state index in [0.717, 1.165) is 18.4 Å². The summed E-state index contributed by atoms with van der Waals surface area (Å²) in [5.74, 6) is 1.99. The molecule has 0 saturated carbocycles. The van der Waals surface area contributed by atoms with Crippen LogP contribution in [-0.4, -0.2) is 28.8 Å². The molecule has 0 fully saturated rings. The summed E-state index contributed by atoms with van der Waals surface area (Å²) in [6.07, 6.45) is 3.55. The van der Waals surface area contributed by atoms with E-state index in [1.165, 1.54) is 15.9 Å². The SMILES string of the molecule is CCCc1nc2s/c(=C\c3ccc(OC)c(OC)c3)c(=O)n2n1. The van der Waals surface area contributed by atoms with Gasteiger partial charge in [-0.05, 0) is 30.2 Å². The highest BCUT2D eigenvalue weighted by atomic mass is 32.1. The van der Waals surface area contributed by atoms with E-state index in [2.05, 4.69) is 17.0 Å². The molecule has 0 N–H and O–H groups in total. The summed E-state index contributed by atoms with van der Waals surface area (Å²) < 4.78 is 12.5. The van der Waals surface area contributed by atoms with E-state index in [1.54, 1.807) is 14.2 Å². The molecule has 0 radical (unpaired) electrons. The van der Waals surface area contributed by atoms with Crippen LogP contribution >= 0.6 is 11.3 Å². The minimum absolute atomic E-state index is 0.144. The van der Waals surface area contributed by atoms with Crippen LogP contribution < -0.4 is 19.6 Å². The summed E-state index contributed by atoms with van der Waals surface area (Å²) >= 11 is 1.34. The maximum atomic E-state index is 12.4. The third-order valence-corrected chi connectivity index (χ3v) is 4.36. The van der Waals surface area contributed by atoms with Crippen LogP contribution in [0.3, 0.4) is 0 Å². The van der Waals surface area contributed by atoms with Crippen LogP contribution in [0.1, 0.15) is 24.7 Å². The van der Waals surface area contributed by atoms with Gasteiger partial charge in [-0.3, -0.25) is 4.79 Å². The second-order valence-electron chi connectivity index (χ2n) is 5.00. The Balaban J connectivity index is 2.06. The monoisotopic (exact) mass is 331 g/mol. The van der Waals surface area contributed by atoms with Gasteiger partial charge in [-0.15, -0.1) is 5.10 Å². The van der Waals surface area contributed by atoms with Crippen molar-refractivity contribution in [1.29, 1.82) is 0 Å². The number of thiazole rings is 1. The third-order valence-electron chi connectivity index (χ3n) is 3.40. The molecule has 0 bridgehead atoms. The Labute approximate surface area is 137 Å². The first kappa shape index (κ1) is 15.5. The quantitative estimate of drug-likeness (QED) is 0.711. The number of hydrogen-bond acceptors (Lipinski definition) is 6. The van der Waals surface area contributed by atoms with Gasteiger partial charge in [0, 0.05) is 6.42 Å². The van der Waals surface area contributed by atoms with Gasteiger partial charge in [-0.25, -0.2) is 4.98 Å². The van der Waals surface area contributed by atoms with Crippen LogP contribution in [0.25, 0.3) is 11.0 Å². The summed E-state index contributed by atoms with van der Waals surface area (Å²) in [4.78, 5) is 17.4. The summed E-state index contributed by atoms with van der Waals surface area (Å²) in [6, 6.07) is 5.52. The van der Waals surface area contributed by atoms with Crippen LogP contribution in [0.4, 0.5) is 0 Å². The van der Waals surface area contributed by atoms with Crippen molar-refractivity contribution in [2.45, 2.75) is 19.8 Å². The Morgan fingerprint density at radius 2 is 2.04 bits per heavy atom. The molecule has 6 nitrogen and oxygen atoms in total. The molecule has 0 amide bonds. The minimum atomic E-state index is -0.144. The lowest BCUT2D eigenvalue weighted by Crippen LogP contribution is -2.23. The number of hydrogen-bond donors (Lipinski definition) is 0. The van der Waals surface area contributed by atoms with E-state index >= 15 is 0 Å². The molecule has 0 aliphatic rings. The van der Waals surface area contributed by atoms with Gasteiger partial charge < -0.3 is 9.47 Å². The van der Waals surface area contributed by atoms with Crippen molar-refractivity contribution >= 4 is 22.4 Å². The first-order chi connectivity index (χ1) is 11.2. The van der Waals surface area contributed by atoms with Crippen molar-refractivity contribution < 1.29 is 9.47 Å².